The molecule has 0 unspecified atom stereocenters. The topological polar surface area (TPSA) is 470 Å². The number of pyridine rings is 3. The van der Waals surface area contributed by atoms with Crippen molar-refractivity contribution in [2.45, 2.75) is 221 Å². The molecule has 0 saturated heterocycles. The maximum absolute atomic E-state index is 6.27. The highest BCUT2D eigenvalue weighted by atomic mass is 16.5. The molecule has 0 amide bonds. The zero-order chi connectivity index (χ0) is 94.6. The zero-order valence-corrected chi connectivity index (χ0v) is 78.9. The third kappa shape index (κ3) is 32.4. The van der Waals surface area contributed by atoms with Gasteiger partial charge in [0.05, 0.1) is 77.2 Å². The van der Waals surface area contributed by atoms with E-state index in [4.69, 9.17) is 70.0 Å². The number of aromatic amines is 1. The summed E-state index contributed by atoms with van der Waals surface area (Å²) in [5.74, 6) is 7.80. The monoisotopic (exact) mass is 1830 g/mol. The molecule has 4 aliphatic rings. The molecule has 134 heavy (non-hydrogen) atoms. The van der Waals surface area contributed by atoms with E-state index in [9.17, 15) is 0 Å². The Kier molecular flexibility index (Phi) is 40.9. The van der Waals surface area contributed by atoms with Crippen LogP contribution in [0, 0.1) is 13.8 Å². The van der Waals surface area contributed by atoms with Crippen LogP contribution in [-0.2, 0) is 18.9 Å². The molecule has 0 bridgehead atoms. The highest BCUT2D eigenvalue weighted by Crippen LogP contribution is 2.37. The number of rotatable bonds is 27. The van der Waals surface area contributed by atoms with Crippen LogP contribution in [0.3, 0.4) is 0 Å². The first-order valence-corrected chi connectivity index (χ1v) is 46.5. The quantitative estimate of drug-likeness (QED) is 0.0216. The number of nitrogens with two attached hydrogens (primary N) is 4. The normalized spacial score (nSPS) is 17.7. The molecule has 18 rings (SSSR count). The fraction of sp³-hybridized carbons (Fsp3) is 0.434. The van der Waals surface area contributed by atoms with E-state index in [1.54, 1.807) is 88.4 Å². The summed E-state index contributed by atoms with van der Waals surface area (Å²) in [6.45, 7) is 26.5. The van der Waals surface area contributed by atoms with E-state index in [2.05, 4.69) is 113 Å². The van der Waals surface area contributed by atoms with Gasteiger partial charge in [-0.1, -0.05) is 6.07 Å². The number of nitrogens with zero attached hydrogens (tertiary/aromatic N) is 16. The summed E-state index contributed by atoms with van der Waals surface area (Å²) in [6, 6.07) is 30.1. The smallest absolute Gasteiger partial charge is 0.249 e. The molecule has 10 heterocycles. The summed E-state index contributed by atoms with van der Waals surface area (Å²) in [5.41, 5.74) is 36.5. The summed E-state index contributed by atoms with van der Waals surface area (Å²) < 4.78 is 54.8. The van der Waals surface area contributed by atoms with Gasteiger partial charge in [-0.25, -0.2) is 44.9 Å². The Morgan fingerprint density at radius 2 is 0.649 bits per heavy atom. The maximum Gasteiger partial charge on any atom is 0.249 e. The van der Waals surface area contributed by atoms with Gasteiger partial charge in [-0.3, -0.25) is 25.0 Å². The molecule has 0 radical (unpaired) electrons. The number of anilines is 8. The molecule has 4 aromatic carbocycles. The summed E-state index contributed by atoms with van der Waals surface area (Å²) in [6.07, 6.45) is 40.2. The van der Waals surface area contributed by atoms with E-state index >= 15 is 0 Å². The van der Waals surface area contributed by atoms with E-state index in [1.165, 1.54) is 5.56 Å². The predicted octanol–water partition coefficient (Wildman–Crippen LogP) is 18.3. The molecule has 0 atom stereocenters. The first-order chi connectivity index (χ1) is 65.4. The number of nitrogen functional groups attached to an aromatic ring is 4. The lowest BCUT2D eigenvalue weighted by Gasteiger charge is -2.30. The van der Waals surface area contributed by atoms with Crippen molar-refractivity contribution in [3.05, 3.63) is 189 Å². The molecular formula is C99H131N25O10. The number of methoxy groups -OCH3 is 1. The van der Waals surface area contributed by atoms with Gasteiger partial charge in [0, 0.05) is 211 Å². The molecule has 35 heteroatoms. The number of fused-ring (bicyclic) bond motifs is 4. The molecule has 4 fully saturated rings. The van der Waals surface area contributed by atoms with Crippen LogP contribution in [0.2, 0.25) is 0 Å². The summed E-state index contributed by atoms with van der Waals surface area (Å²) >= 11 is 0. The van der Waals surface area contributed by atoms with E-state index in [-0.39, 0.29) is 24.4 Å². The van der Waals surface area contributed by atoms with Crippen LogP contribution in [0.4, 0.5) is 46.0 Å². The molecule has 35 nitrogen and oxygen atoms in total. The Bertz CT molecular complexity index is 5680. The summed E-state index contributed by atoms with van der Waals surface area (Å²) in [5, 5.41) is 28.8. The second-order valence-electron chi connectivity index (χ2n) is 32.0. The highest BCUT2D eigenvalue weighted by molar-refractivity contribution is 5.87. The van der Waals surface area contributed by atoms with Crippen molar-refractivity contribution in [3.63, 3.8) is 0 Å². The first kappa shape index (κ1) is 101. The third-order valence-corrected chi connectivity index (χ3v) is 22.0. The zero-order valence-electron chi connectivity index (χ0n) is 78.9. The molecule has 4 aliphatic carbocycles. The SMILES string of the molecule is CCOCC.CCOCC.CCOCC.CCOCC.COc1cnc(NC2CCC(Oc3cc(N)cc4nccnc34)CC2)cn1.Cc1ccc(NC2CCC(Oc3cc(N)cc4nccnc34)CC2)nc1.Cc1nnc(-c2ccc(NC3CCC(Oc4cc(N)cc5nccnc45)CC3)nc2)o1.Nc1cc(OC2CCC(Nc3ccc(-c4ccn[nH]4)cn3)CC2)c2nccnc2c1. The minimum Gasteiger partial charge on any atom is -0.488 e. The van der Waals surface area contributed by atoms with Crippen LogP contribution < -0.4 is 67.9 Å². The average Bonchev–Trinajstić information content (AvgIpc) is 1.24. The lowest BCUT2D eigenvalue weighted by Crippen LogP contribution is -2.31. The second kappa shape index (κ2) is 54.4. The largest absolute Gasteiger partial charge is 0.488 e. The Balaban J connectivity index is 0.000000161. The van der Waals surface area contributed by atoms with E-state index in [1.807, 2.05) is 160 Å². The molecule has 14 aromatic rings. The van der Waals surface area contributed by atoms with Gasteiger partial charge >= 0.3 is 0 Å². The van der Waals surface area contributed by atoms with Crippen molar-refractivity contribution >= 4 is 90.2 Å². The second-order valence-corrected chi connectivity index (χ2v) is 32.0. The summed E-state index contributed by atoms with van der Waals surface area (Å²) in [4.78, 5) is 56.9. The van der Waals surface area contributed by atoms with Crippen LogP contribution in [0.1, 0.15) is 170 Å². The average molecular weight is 1830 g/mol. The van der Waals surface area contributed by atoms with E-state index in [0.29, 0.717) is 81.8 Å². The molecule has 10 aromatic heterocycles. The van der Waals surface area contributed by atoms with Gasteiger partial charge in [-0.2, -0.15) is 5.10 Å². The number of aromatic nitrogens is 17. The van der Waals surface area contributed by atoms with Gasteiger partial charge in [-0.05, 0) is 231 Å². The minimum absolute atomic E-state index is 0.126. The van der Waals surface area contributed by atoms with Crippen molar-refractivity contribution in [3.8, 4) is 51.6 Å². The van der Waals surface area contributed by atoms with Gasteiger partial charge in [0.25, 0.3) is 0 Å². The number of nitrogens with one attached hydrogen (secondary N) is 5. The molecule has 0 spiro atoms. The van der Waals surface area contributed by atoms with Crippen LogP contribution in [0.25, 0.3) is 66.8 Å². The first-order valence-electron chi connectivity index (χ1n) is 46.5. The number of aryl methyl sites for hydroxylation is 2. The fourth-order valence-corrected chi connectivity index (χ4v) is 15.4. The standard InChI is InChI=1S/C22H23N7O2.C22H23N7O.C20H23N5O.C19H22N6O2.4C4H10O/c1-13-28-29-22(30-13)14-2-7-20(26-12-14)27-16-3-5-17(6-4-16)31-19-11-15(23)10-18-21(19)25-9-8-24-18;23-15-11-19-22(25-10-9-24-19)20(12-15)30-17-4-2-16(3-5-17)28-21-6-1-14(13-26-21)18-7-8-27-29-18;1-13-2-7-19(24-12-13)25-15-3-5-16(6-4-15)26-18-11-14(21)10-17-20(18)23-9-8-22-17;1-26-18-11-23-17(10-24-18)25-13-2-4-14(5-3-13)27-16-9-12(20)8-15-19(16)22-7-6-21-15;4*1-3-5-4-2/h2,7-12,16-17H,3-6,23H2,1H3,(H,26,27);1,6-13,16-17H,2-5,23H2,(H,26,28)(H,27,29);2,7-12,15-16H,3-6,21H2,1H3,(H,24,25);6-11,13-14H,2-5,20H2,1H3,(H,23,25);4*3-4H2,1-2H3. The minimum atomic E-state index is 0.126. The van der Waals surface area contributed by atoms with E-state index < -0.39 is 0 Å². The van der Waals surface area contributed by atoms with Gasteiger partial charge < -0.3 is 91.3 Å². The van der Waals surface area contributed by atoms with Gasteiger partial charge in [0.15, 0.2) is 0 Å². The van der Waals surface area contributed by atoms with Gasteiger partial charge in [0.2, 0.25) is 17.7 Å². The Hall–Kier alpha value is -13.6. The number of benzene rings is 4. The predicted molar refractivity (Wildman–Crippen MR) is 527 cm³/mol. The van der Waals surface area contributed by atoms with E-state index in [0.717, 1.165) is 246 Å². The number of ether oxygens (including phenoxy) is 9. The molecular weight excluding hydrogens is 1700 g/mol. The van der Waals surface area contributed by atoms with Crippen LogP contribution in [0.15, 0.2) is 182 Å². The highest BCUT2D eigenvalue weighted by Gasteiger charge is 2.29. The van der Waals surface area contributed by atoms with Gasteiger partial charge in [-0.15, -0.1) is 10.2 Å². The number of hydrogen-bond donors (Lipinski definition) is 9. The molecule has 4 saturated carbocycles. The van der Waals surface area contributed by atoms with Crippen molar-refractivity contribution in [1.82, 2.24) is 85.2 Å². The van der Waals surface area contributed by atoms with Crippen molar-refractivity contribution in [1.29, 1.82) is 0 Å². The van der Waals surface area contributed by atoms with Gasteiger partial charge in [0.1, 0.15) is 68.3 Å². The lowest BCUT2D eigenvalue weighted by atomic mass is 9.93. The Morgan fingerprint density at radius 3 is 0.918 bits per heavy atom. The molecule has 0 aliphatic heterocycles. The molecule has 13 N–H and O–H groups in total. The molecule has 712 valence electrons. The van der Waals surface area contributed by atoms with Crippen molar-refractivity contribution < 1.29 is 47.0 Å². The Morgan fingerprint density at radius 1 is 0.328 bits per heavy atom. The Labute approximate surface area is 783 Å². The number of hydrogen-bond acceptors (Lipinski definition) is 34. The van der Waals surface area contributed by atoms with Crippen molar-refractivity contribution in [2.24, 2.45) is 0 Å². The number of H-pyrrole nitrogens is 1. The lowest BCUT2D eigenvalue weighted by molar-refractivity contribution is 0.151. The van der Waals surface area contributed by atoms with Crippen molar-refractivity contribution in [2.75, 3.05) is 104 Å². The third-order valence-electron chi connectivity index (χ3n) is 22.0. The van der Waals surface area contributed by atoms with Crippen LogP contribution in [-0.4, -0.2) is 194 Å². The summed E-state index contributed by atoms with van der Waals surface area (Å²) in [7, 11) is 1.58. The maximum atomic E-state index is 6.27. The van der Waals surface area contributed by atoms with Crippen LogP contribution >= 0.6 is 0 Å². The van der Waals surface area contributed by atoms with Crippen LogP contribution in [0.5, 0.6) is 28.9 Å². The fourth-order valence-electron chi connectivity index (χ4n) is 15.4.